The molecule has 2 heterocycles. The molecule has 0 aliphatic carbocycles. The van der Waals surface area contributed by atoms with Gasteiger partial charge in [0, 0.05) is 25.2 Å². The number of pyridine rings is 1. The molecule has 0 aliphatic heterocycles. The van der Waals surface area contributed by atoms with E-state index in [-0.39, 0.29) is 0 Å². The molecule has 5 nitrogen and oxygen atoms in total. The van der Waals surface area contributed by atoms with Crippen LogP contribution in [-0.4, -0.2) is 28.4 Å². The molecule has 1 N–H and O–H groups in total. The Labute approximate surface area is 149 Å². The summed E-state index contributed by atoms with van der Waals surface area (Å²) in [6.45, 7) is 5.95. The summed E-state index contributed by atoms with van der Waals surface area (Å²) < 4.78 is 7.35. The predicted molar refractivity (Wildman–Crippen MR) is 101 cm³/mol. The van der Waals surface area contributed by atoms with E-state index in [1.54, 1.807) is 7.11 Å². The van der Waals surface area contributed by atoms with Gasteiger partial charge >= 0.3 is 0 Å². The molecule has 0 unspecified atom stereocenters. The van der Waals surface area contributed by atoms with Gasteiger partial charge in [-0.05, 0) is 30.5 Å². The summed E-state index contributed by atoms with van der Waals surface area (Å²) in [6, 6.07) is 10.4. The van der Waals surface area contributed by atoms with Crippen molar-refractivity contribution in [3.63, 3.8) is 0 Å². The number of para-hydroxylation sites is 1. The van der Waals surface area contributed by atoms with Crippen molar-refractivity contribution in [3.8, 4) is 5.88 Å². The third kappa shape index (κ3) is 3.66. The Morgan fingerprint density at radius 3 is 2.76 bits per heavy atom. The van der Waals surface area contributed by atoms with Gasteiger partial charge in [0.25, 0.3) is 0 Å². The second-order valence-electron chi connectivity index (χ2n) is 6.57. The molecular formula is C20H26N4O. The summed E-state index contributed by atoms with van der Waals surface area (Å²) in [5, 5.41) is 9.33. The highest BCUT2D eigenvalue weighted by Gasteiger charge is 2.18. The molecule has 0 saturated heterocycles. The predicted octanol–water partition coefficient (Wildman–Crippen LogP) is 3.43. The van der Waals surface area contributed by atoms with Crippen LogP contribution in [0.2, 0.25) is 0 Å². The number of benzene rings is 1. The summed E-state index contributed by atoms with van der Waals surface area (Å²) in [6.07, 6.45) is 2.79. The van der Waals surface area contributed by atoms with Gasteiger partial charge in [0.15, 0.2) is 0 Å². The largest absolute Gasteiger partial charge is 0.481 e. The molecule has 0 saturated carbocycles. The Morgan fingerprint density at radius 2 is 2.00 bits per heavy atom. The van der Waals surface area contributed by atoms with Gasteiger partial charge in [-0.2, -0.15) is 5.10 Å². The summed E-state index contributed by atoms with van der Waals surface area (Å²) >= 11 is 0. The monoisotopic (exact) mass is 338 g/mol. The van der Waals surface area contributed by atoms with E-state index in [4.69, 9.17) is 4.74 Å². The zero-order valence-corrected chi connectivity index (χ0v) is 15.4. The van der Waals surface area contributed by atoms with Crippen LogP contribution in [0.1, 0.15) is 36.6 Å². The first-order chi connectivity index (χ1) is 12.1. The maximum absolute atomic E-state index is 5.53. The molecule has 5 heteroatoms. The smallest absolute Gasteiger partial charge is 0.216 e. The van der Waals surface area contributed by atoms with Crippen molar-refractivity contribution in [1.82, 2.24) is 20.1 Å². The van der Waals surface area contributed by atoms with Gasteiger partial charge in [0.05, 0.1) is 23.9 Å². The second kappa shape index (κ2) is 7.66. The zero-order valence-electron chi connectivity index (χ0n) is 15.4. The normalized spacial score (nSPS) is 11.4. The number of rotatable bonds is 7. The Hall–Kier alpha value is -2.40. The maximum Gasteiger partial charge on any atom is 0.216 e. The van der Waals surface area contributed by atoms with Gasteiger partial charge in [-0.15, -0.1) is 0 Å². The molecule has 2 aromatic heterocycles. The van der Waals surface area contributed by atoms with Crippen molar-refractivity contribution in [1.29, 1.82) is 0 Å². The first-order valence-electron chi connectivity index (χ1n) is 8.75. The zero-order chi connectivity index (χ0) is 17.8. The third-order valence-corrected chi connectivity index (χ3v) is 4.45. The second-order valence-corrected chi connectivity index (χ2v) is 6.57. The molecule has 3 rings (SSSR count). The third-order valence-electron chi connectivity index (χ3n) is 4.45. The molecule has 1 aromatic carbocycles. The van der Waals surface area contributed by atoms with Gasteiger partial charge in [-0.1, -0.05) is 38.1 Å². The van der Waals surface area contributed by atoms with Crippen LogP contribution in [0.25, 0.3) is 10.9 Å². The molecular weight excluding hydrogens is 312 g/mol. The number of nitrogens with one attached hydrogen (secondary N) is 1. The van der Waals surface area contributed by atoms with Crippen LogP contribution in [0.5, 0.6) is 5.88 Å². The fraction of sp³-hybridized carbons (Fsp3) is 0.400. The Bertz CT molecular complexity index is 849. The van der Waals surface area contributed by atoms with E-state index in [0.29, 0.717) is 5.92 Å². The Morgan fingerprint density at radius 1 is 1.20 bits per heavy atom. The fourth-order valence-corrected chi connectivity index (χ4v) is 3.26. The van der Waals surface area contributed by atoms with Crippen LogP contribution >= 0.6 is 0 Å². The fourth-order valence-electron chi connectivity index (χ4n) is 3.26. The molecule has 25 heavy (non-hydrogen) atoms. The molecule has 0 amide bonds. The van der Waals surface area contributed by atoms with E-state index in [1.807, 2.05) is 24.0 Å². The number of hydrogen-bond donors (Lipinski definition) is 1. The number of hydrogen-bond acceptors (Lipinski definition) is 4. The van der Waals surface area contributed by atoms with E-state index < -0.39 is 0 Å². The quantitative estimate of drug-likeness (QED) is 0.671. The number of methoxy groups -OCH3 is 1. The van der Waals surface area contributed by atoms with Crippen molar-refractivity contribution in [3.05, 3.63) is 53.3 Å². The average molecular weight is 338 g/mol. The summed E-state index contributed by atoms with van der Waals surface area (Å²) in [7, 11) is 3.63. The molecule has 0 atom stereocenters. The van der Waals surface area contributed by atoms with E-state index in [9.17, 15) is 0 Å². The van der Waals surface area contributed by atoms with Gasteiger partial charge in [-0.3, -0.25) is 4.98 Å². The molecule has 0 fully saturated rings. The van der Waals surface area contributed by atoms with Crippen LogP contribution in [0, 0.1) is 0 Å². The van der Waals surface area contributed by atoms with E-state index in [1.165, 1.54) is 10.9 Å². The number of fused-ring (bicyclic) bond motifs is 1. The summed E-state index contributed by atoms with van der Waals surface area (Å²) in [5.41, 5.74) is 4.61. The highest BCUT2D eigenvalue weighted by Crippen LogP contribution is 2.26. The SMILES string of the molecule is COc1c(CNCCc2cccc3cccnc23)c(C(C)C)nn1C. The van der Waals surface area contributed by atoms with Crippen LogP contribution in [0.3, 0.4) is 0 Å². The van der Waals surface area contributed by atoms with Crippen molar-refractivity contribution in [2.75, 3.05) is 13.7 Å². The van der Waals surface area contributed by atoms with Gasteiger partial charge in [-0.25, -0.2) is 4.68 Å². The lowest BCUT2D eigenvalue weighted by Gasteiger charge is -2.10. The first-order valence-corrected chi connectivity index (χ1v) is 8.75. The van der Waals surface area contributed by atoms with Gasteiger partial charge < -0.3 is 10.1 Å². The average Bonchev–Trinajstić information content (AvgIpc) is 2.94. The van der Waals surface area contributed by atoms with Crippen molar-refractivity contribution >= 4 is 10.9 Å². The number of ether oxygens (including phenoxy) is 1. The van der Waals surface area contributed by atoms with Crippen LogP contribution < -0.4 is 10.1 Å². The minimum atomic E-state index is 0.370. The maximum atomic E-state index is 5.53. The molecule has 0 spiro atoms. The van der Waals surface area contributed by atoms with Crippen LogP contribution in [0.15, 0.2) is 36.5 Å². The number of aromatic nitrogens is 3. The highest BCUT2D eigenvalue weighted by molar-refractivity contribution is 5.81. The van der Waals surface area contributed by atoms with Crippen molar-refractivity contribution in [2.24, 2.45) is 7.05 Å². The van der Waals surface area contributed by atoms with Gasteiger partial charge in [0.1, 0.15) is 0 Å². The lowest BCUT2D eigenvalue weighted by molar-refractivity contribution is 0.368. The van der Waals surface area contributed by atoms with Crippen LogP contribution in [-0.2, 0) is 20.0 Å². The number of aryl methyl sites for hydroxylation is 1. The molecule has 0 radical (unpaired) electrons. The van der Waals surface area contributed by atoms with E-state index in [0.717, 1.165) is 42.2 Å². The topological polar surface area (TPSA) is 52.0 Å². The highest BCUT2D eigenvalue weighted by atomic mass is 16.5. The standard InChI is InChI=1S/C20H26N4O/c1-14(2)18-17(20(25-4)24(3)23-18)13-21-12-10-16-8-5-7-15-9-6-11-22-19(15)16/h5-9,11,14,21H,10,12-13H2,1-4H3. The molecule has 0 aliphatic rings. The van der Waals surface area contributed by atoms with E-state index in [2.05, 4.69) is 53.5 Å². The van der Waals surface area contributed by atoms with Gasteiger partial charge in [0.2, 0.25) is 5.88 Å². The minimum absolute atomic E-state index is 0.370. The Kier molecular flexibility index (Phi) is 5.34. The van der Waals surface area contributed by atoms with Crippen LogP contribution in [0.4, 0.5) is 0 Å². The summed E-state index contributed by atoms with van der Waals surface area (Å²) in [4.78, 5) is 4.52. The lowest BCUT2D eigenvalue weighted by Crippen LogP contribution is -2.18. The van der Waals surface area contributed by atoms with Crippen molar-refractivity contribution in [2.45, 2.75) is 32.7 Å². The first kappa shape index (κ1) is 17.4. The minimum Gasteiger partial charge on any atom is -0.481 e. The molecule has 0 bridgehead atoms. The Balaban J connectivity index is 1.67. The van der Waals surface area contributed by atoms with Crippen molar-refractivity contribution < 1.29 is 4.74 Å². The lowest BCUT2D eigenvalue weighted by atomic mass is 10.1. The number of nitrogens with zero attached hydrogens (tertiary/aromatic N) is 3. The molecule has 3 aromatic rings. The molecule has 132 valence electrons. The summed E-state index contributed by atoms with van der Waals surface area (Å²) in [5.74, 6) is 1.21. The van der Waals surface area contributed by atoms with E-state index >= 15 is 0 Å².